The van der Waals surface area contributed by atoms with E-state index in [1.165, 1.54) is 5.56 Å². The first-order valence-corrected chi connectivity index (χ1v) is 9.83. The Kier molecular flexibility index (Phi) is 5.21. The summed E-state index contributed by atoms with van der Waals surface area (Å²) in [4.78, 5) is 0.382. The van der Waals surface area contributed by atoms with Gasteiger partial charge in [-0.1, -0.05) is 30.3 Å². The Labute approximate surface area is 143 Å². The molecule has 2 aromatic carbocycles. The highest BCUT2D eigenvalue weighted by molar-refractivity contribution is 7.89. The fourth-order valence-corrected chi connectivity index (χ4v) is 4.70. The second-order valence-corrected chi connectivity index (χ2v) is 8.30. The van der Waals surface area contributed by atoms with Gasteiger partial charge in [-0.2, -0.15) is 4.31 Å². The molecule has 5 heteroatoms. The summed E-state index contributed by atoms with van der Waals surface area (Å²) in [6, 6.07) is 16.0. The number of phenolic OH excluding ortho intramolecular Hbond substituents is 1. The molecule has 0 radical (unpaired) electrons. The smallest absolute Gasteiger partial charge is 0.243 e. The van der Waals surface area contributed by atoms with Gasteiger partial charge >= 0.3 is 0 Å². The van der Waals surface area contributed by atoms with Crippen LogP contribution in [-0.2, 0) is 16.4 Å². The lowest BCUT2D eigenvalue weighted by Crippen LogP contribution is -2.38. The number of aromatic hydroxyl groups is 1. The van der Waals surface area contributed by atoms with Gasteiger partial charge in [-0.25, -0.2) is 8.42 Å². The number of phenols is 1. The first kappa shape index (κ1) is 17.0. The molecule has 0 amide bonds. The fourth-order valence-electron chi connectivity index (χ4n) is 3.21. The lowest BCUT2D eigenvalue weighted by atomic mass is 9.91. The molecule has 1 heterocycles. The van der Waals surface area contributed by atoms with E-state index in [-0.39, 0.29) is 5.75 Å². The highest BCUT2D eigenvalue weighted by Gasteiger charge is 2.28. The molecular weight excluding hydrogens is 322 g/mol. The number of aryl methyl sites for hydroxylation is 1. The van der Waals surface area contributed by atoms with E-state index in [1.54, 1.807) is 40.7 Å². The van der Waals surface area contributed by atoms with Gasteiger partial charge in [0, 0.05) is 13.1 Å². The summed E-state index contributed by atoms with van der Waals surface area (Å²) in [5.74, 6) is 0.846. The van der Waals surface area contributed by atoms with Crippen molar-refractivity contribution >= 4 is 10.0 Å². The Morgan fingerprint density at radius 1 is 0.958 bits per heavy atom. The summed E-state index contributed by atoms with van der Waals surface area (Å²) < 4.78 is 26.8. The monoisotopic (exact) mass is 345 g/mol. The van der Waals surface area contributed by atoms with Gasteiger partial charge in [0.2, 0.25) is 10.0 Å². The number of benzene rings is 2. The SMILES string of the molecule is O=S(=O)(c1ccccc1)N1CCC(CCc2ccc(O)cc2)CC1. The van der Waals surface area contributed by atoms with E-state index in [9.17, 15) is 13.5 Å². The van der Waals surface area contributed by atoms with Crippen molar-refractivity contribution in [2.24, 2.45) is 5.92 Å². The Bertz CT molecular complexity index is 749. The normalized spacial score (nSPS) is 17.0. The standard InChI is InChI=1S/C19H23NO3S/c21-18-10-8-16(9-11-18)6-7-17-12-14-20(15-13-17)24(22,23)19-4-2-1-3-5-19/h1-5,8-11,17,21H,6-7,12-15H2. The zero-order valence-electron chi connectivity index (χ0n) is 13.6. The van der Waals surface area contributed by atoms with Crippen LogP contribution in [0.3, 0.4) is 0 Å². The maximum atomic E-state index is 12.6. The van der Waals surface area contributed by atoms with Gasteiger partial charge in [0.05, 0.1) is 4.90 Å². The van der Waals surface area contributed by atoms with Crippen molar-refractivity contribution in [2.45, 2.75) is 30.6 Å². The summed E-state index contributed by atoms with van der Waals surface area (Å²) in [6.45, 7) is 1.19. The van der Waals surface area contributed by atoms with Gasteiger partial charge < -0.3 is 5.11 Å². The summed E-state index contributed by atoms with van der Waals surface area (Å²) in [7, 11) is -3.35. The predicted molar refractivity (Wildman–Crippen MR) is 94.4 cm³/mol. The van der Waals surface area contributed by atoms with Crippen molar-refractivity contribution in [3.63, 3.8) is 0 Å². The van der Waals surface area contributed by atoms with Crippen LogP contribution in [-0.4, -0.2) is 30.9 Å². The van der Waals surface area contributed by atoms with E-state index < -0.39 is 10.0 Å². The highest BCUT2D eigenvalue weighted by atomic mass is 32.2. The molecule has 1 saturated heterocycles. The van der Waals surface area contributed by atoms with Gasteiger partial charge in [-0.15, -0.1) is 0 Å². The number of sulfonamides is 1. The van der Waals surface area contributed by atoms with Gasteiger partial charge in [0.1, 0.15) is 5.75 Å². The molecule has 0 aliphatic carbocycles. The zero-order chi connectivity index (χ0) is 17.0. The summed E-state index contributed by atoms with van der Waals surface area (Å²) in [6.07, 6.45) is 3.84. The van der Waals surface area contributed by atoms with Crippen LogP contribution in [0.4, 0.5) is 0 Å². The second-order valence-electron chi connectivity index (χ2n) is 6.37. The van der Waals surface area contributed by atoms with E-state index in [4.69, 9.17) is 0 Å². The predicted octanol–water partition coefficient (Wildman–Crippen LogP) is 3.43. The first-order valence-electron chi connectivity index (χ1n) is 8.39. The van der Waals surface area contributed by atoms with E-state index in [1.807, 2.05) is 18.2 Å². The highest BCUT2D eigenvalue weighted by Crippen LogP contribution is 2.26. The Morgan fingerprint density at radius 2 is 1.58 bits per heavy atom. The van der Waals surface area contributed by atoms with Crippen molar-refractivity contribution < 1.29 is 13.5 Å². The lowest BCUT2D eigenvalue weighted by Gasteiger charge is -2.31. The van der Waals surface area contributed by atoms with Crippen molar-refractivity contribution in [2.75, 3.05) is 13.1 Å². The number of nitrogens with zero attached hydrogens (tertiary/aromatic N) is 1. The molecule has 0 aromatic heterocycles. The van der Waals surface area contributed by atoms with Crippen molar-refractivity contribution in [1.82, 2.24) is 4.31 Å². The van der Waals surface area contributed by atoms with Gasteiger partial charge in [0.15, 0.2) is 0 Å². The number of hydrogen-bond donors (Lipinski definition) is 1. The molecule has 2 aromatic rings. The molecule has 0 spiro atoms. The summed E-state index contributed by atoms with van der Waals surface area (Å²) in [5.41, 5.74) is 1.21. The Hall–Kier alpha value is -1.85. The van der Waals surface area contributed by atoms with Crippen LogP contribution >= 0.6 is 0 Å². The topological polar surface area (TPSA) is 57.6 Å². The van der Waals surface area contributed by atoms with E-state index in [0.29, 0.717) is 23.9 Å². The first-order chi connectivity index (χ1) is 11.6. The third-order valence-corrected chi connectivity index (χ3v) is 6.64. The van der Waals surface area contributed by atoms with Crippen LogP contribution in [0, 0.1) is 5.92 Å². The van der Waals surface area contributed by atoms with Crippen LogP contribution in [0.5, 0.6) is 5.75 Å². The molecule has 1 aliphatic heterocycles. The molecule has 0 bridgehead atoms. The van der Waals surface area contributed by atoms with Crippen molar-refractivity contribution in [1.29, 1.82) is 0 Å². The summed E-state index contributed by atoms with van der Waals surface area (Å²) >= 11 is 0. The largest absolute Gasteiger partial charge is 0.508 e. The van der Waals surface area contributed by atoms with Crippen LogP contribution < -0.4 is 0 Å². The average molecular weight is 345 g/mol. The minimum absolute atomic E-state index is 0.290. The summed E-state index contributed by atoms with van der Waals surface area (Å²) in [5, 5.41) is 9.31. The second kappa shape index (κ2) is 7.36. The molecular formula is C19H23NO3S. The molecule has 1 N–H and O–H groups in total. The number of hydrogen-bond acceptors (Lipinski definition) is 3. The minimum Gasteiger partial charge on any atom is -0.508 e. The van der Waals surface area contributed by atoms with Crippen LogP contribution in [0.1, 0.15) is 24.8 Å². The Morgan fingerprint density at radius 3 is 2.21 bits per heavy atom. The molecule has 3 rings (SSSR count). The molecule has 0 atom stereocenters. The zero-order valence-corrected chi connectivity index (χ0v) is 14.5. The van der Waals surface area contributed by atoms with E-state index in [2.05, 4.69) is 0 Å². The third-order valence-electron chi connectivity index (χ3n) is 4.73. The van der Waals surface area contributed by atoms with Crippen LogP contribution in [0.25, 0.3) is 0 Å². The minimum atomic E-state index is -3.35. The van der Waals surface area contributed by atoms with Gasteiger partial charge in [0.25, 0.3) is 0 Å². The van der Waals surface area contributed by atoms with Crippen LogP contribution in [0.2, 0.25) is 0 Å². The number of piperidine rings is 1. The molecule has 0 saturated carbocycles. The van der Waals surface area contributed by atoms with Crippen molar-refractivity contribution in [3.05, 3.63) is 60.2 Å². The molecule has 1 aliphatic rings. The maximum absolute atomic E-state index is 12.6. The number of rotatable bonds is 5. The lowest BCUT2D eigenvalue weighted by molar-refractivity contribution is 0.263. The molecule has 1 fully saturated rings. The van der Waals surface area contributed by atoms with Gasteiger partial charge in [-0.05, 0) is 61.4 Å². The van der Waals surface area contributed by atoms with E-state index in [0.717, 1.165) is 25.7 Å². The van der Waals surface area contributed by atoms with Crippen LogP contribution in [0.15, 0.2) is 59.5 Å². The molecule has 24 heavy (non-hydrogen) atoms. The Balaban J connectivity index is 1.53. The molecule has 4 nitrogen and oxygen atoms in total. The molecule has 128 valence electrons. The fraction of sp³-hybridized carbons (Fsp3) is 0.368. The average Bonchev–Trinajstić information content (AvgIpc) is 2.62. The molecule has 0 unspecified atom stereocenters. The van der Waals surface area contributed by atoms with Crippen molar-refractivity contribution in [3.8, 4) is 5.75 Å². The third kappa shape index (κ3) is 3.97. The van der Waals surface area contributed by atoms with E-state index >= 15 is 0 Å². The quantitative estimate of drug-likeness (QED) is 0.903. The van der Waals surface area contributed by atoms with Gasteiger partial charge in [-0.3, -0.25) is 0 Å². The maximum Gasteiger partial charge on any atom is 0.243 e.